The van der Waals surface area contributed by atoms with E-state index in [0.29, 0.717) is 35.9 Å². The molecule has 0 bridgehead atoms. The molecule has 2 nitrogen and oxygen atoms in total. The van der Waals surface area contributed by atoms with Gasteiger partial charge in [-0.1, -0.05) is 0 Å². The van der Waals surface area contributed by atoms with Crippen molar-refractivity contribution in [1.29, 1.82) is 0 Å². The van der Waals surface area contributed by atoms with Gasteiger partial charge in [0.05, 0.1) is 13.2 Å². The van der Waals surface area contributed by atoms with Gasteiger partial charge in [0, 0.05) is 12.3 Å². The van der Waals surface area contributed by atoms with Gasteiger partial charge in [0.2, 0.25) is 0 Å². The highest BCUT2D eigenvalue weighted by atomic mass is 16.5. The summed E-state index contributed by atoms with van der Waals surface area (Å²) in [5.41, 5.74) is 4.26. The maximum atomic E-state index is 11.7. The van der Waals surface area contributed by atoms with Gasteiger partial charge in [-0.3, -0.25) is 4.79 Å². The highest BCUT2D eigenvalue weighted by Crippen LogP contribution is 2.51. The molecule has 21 heavy (non-hydrogen) atoms. The van der Waals surface area contributed by atoms with Gasteiger partial charge in [-0.15, -0.1) is 12.3 Å². The summed E-state index contributed by atoms with van der Waals surface area (Å²) in [7, 11) is 0. The Morgan fingerprint density at radius 3 is 2.90 bits per heavy atom. The van der Waals surface area contributed by atoms with Crippen LogP contribution in [0.15, 0.2) is 22.8 Å². The van der Waals surface area contributed by atoms with Crippen molar-refractivity contribution in [3.63, 3.8) is 0 Å². The molecule has 1 heterocycles. The minimum Gasteiger partial charge on any atom is -0.377 e. The standard InChI is InChI=1S/C19H22O2/c1-2-12-3-6-16-17-7-4-13-9-14(20)5-8-15(13)19(17)11-21-10-18(12)16/h1,9,12,16-18H,3-8,10-11H2. The molecule has 0 aromatic heterocycles. The molecular formula is C19H22O2. The van der Waals surface area contributed by atoms with Gasteiger partial charge < -0.3 is 4.74 Å². The summed E-state index contributed by atoms with van der Waals surface area (Å²) in [4.78, 5) is 11.7. The molecule has 4 atom stereocenters. The first-order chi connectivity index (χ1) is 10.3. The fourth-order valence-electron chi connectivity index (χ4n) is 5.08. The van der Waals surface area contributed by atoms with E-state index in [0.717, 1.165) is 32.5 Å². The number of terminal acetylenes is 1. The molecule has 2 heteroatoms. The zero-order valence-electron chi connectivity index (χ0n) is 12.4. The van der Waals surface area contributed by atoms with Gasteiger partial charge in [-0.2, -0.15) is 0 Å². The van der Waals surface area contributed by atoms with Gasteiger partial charge >= 0.3 is 0 Å². The molecule has 0 aromatic rings. The van der Waals surface area contributed by atoms with Crippen LogP contribution in [0.25, 0.3) is 0 Å². The van der Waals surface area contributed by atoms with E-state index in [1.54, 1.807) is 0 Å². The Morgan fingerprint density at radius 1 is 1.14 bits per heavy atom. The topological polar surface area (TPSA) is 26.3 Å². The Hall–Kier alpha value is -1.33. The summed E-state index contributed by atoms with van der Waals surface area (Å²) in [6.07, 6.45) is 13.9. The molecule has 4 rings (SSSR count). The van der Waals surface area contributed by atoms with Crippen LogP contribution in [0.3, 0.4) is 0 Å². The van der Waals surface area contributed by atoms with Crippen LogP contribution in [0, 0.1) is 36.0 Å². The van der Waals surface area contributed by atoms with E-state index >= 15 is 0 Å². The van der Waals surface area contributed by atoms with E-state index in [2.05, 4.69) is 5.92 Å². The van der Waals surface area contributed by atoms with Crippen molar-refractivity contribution in [1.82, 2.24) is 0 Å². The van der Waals surface area contributed by atoms with Crippen LogP contribution in [0.1, 0.15) is 38.5 Å². The van der Waals surface area contributed by atoms with Crippen LogP contribution < -0.4 is 0 Å². The number of carbonyl (C=O) groups excluding carboxylic acids is 1. The van der Waals surface area contributed by atoms with E-state index < -0.39 is 0 Å². The van der Waals surface area contributed by atoms with Gasteiger partial charge in [0.25, 0.3) is 0 Å². The molecule has 0 spiro atoms. The molecule has 0 aromatic carbocycles. The Bertz CT molecular complexity index is 575. The Labute approximate surface area is 126 Å². The molecule has 1 saturated heterocycles. The second-order valence-corrected chi connectivity index (χ2v) is 6.98. The van der Waals surface area contributed by atoms with E-state index in [-0.39, 0.29) is 0 Å². The molecule has 3 aliphatic carbocycles. The van der Waals surface area contributed by atoms with E-state index in [9.17, 15) is 4.79 Å². The van der Waals surface area contributed by atoms with E-state index in [1.807, 2.05) is 6.08 Å². The highest BCUT2D eigenvalue weighted by Gasteiger charge is 2.44. The Morgan fingerprint density at radius 2 is 2.05 bits per heavy atom. The summed E-state index contributed by atoms with van der Waals surface area (Å²) in [6.45, 7) is 1.58. The van der Waals surface area contributed by atoms with Crippen LogP contribution in [0.4, 0.5) is 0 Å². The molecule has 4 aliphatic rings. The molecule has 0 radical (unpaired) electrons. The van der Waals surface area contributed by atoms with Crippen molar-refractivity contribution in [3.05, 3.63) is 22.8 Å². The van der Waals surface area contributed by atoms with Crippen LogP contribution in [0.2, 0.25) is 0 Å². The second kappa shape index (κ2) is 5.14. The average molecular weight is 282 g/mol. The normalized spacial score (nSPS) is 38.8. The van der Waals surface area contributed by atoms with Crippen molar-refractivity contribution in [2.45, 2.75) is 38.5 Å². The van der Waals surface area contributed by atoms with Crippen LogP contribution in [-0.2, 0) is 9.53 Å². The predicted octanol–water partition coefficient (Wildman–Crippen LogP) is 3.29. The molecule has 0 amide bonds. The lowest BCUT2D eigenvalue weighted by molar-refractivity contribution is -0.114. The van der Waals surface area contributed by atoms with Gasteiger partial charge in [-0.05, 0) is 72.7 Å². The van der Waals surface area contributed by atoms with Gasteiger partial charge in [-0.25, -0.2) is 0 Å². The lowest BCUT2D eigenvalue weighted by Crippen LogP contribution is -2.27. The number of ether oxygens (including phenoxy) is 1. The predicted molar refractivity (Wildman–Crippen MR) is 81.4 cm³/mol. The van der Waals surface area contributed by atoms with Crippen LogP contribution >= 0.6 is 0 Å². The van der Waals surface area contributed by atoms with Gasteiger partial charge in [0.1, 0.15) is 0 Å². The molecule has 110 valence electrons. The van der Waals surface area contributed by atoms with E-state index in [1.165, 1.54) is 29.6 Å². The minimum absolute atomic E-state index is 0.300. The summed E-state index contributed by atoms with van der Waals surface area (Å²) >= 11 is 0. The Balaban J connectivity index is 1.72. The minimum atomic E-state index is 0.300. The molecule has 1 aliphatic heterocycles. The molecular weight excluding hydrogens is 260 g/mol. The number of ketones is 1. The summed E-state index contributed by atoms with van der Waals surface area (Å²) in [5.74, 6) is 5.61. The Kier molecular flexibility index (Phi) is 3.27. The lowest BCUT2D eigenvalue weighted by atomic mass is 9.69. The summed E-state index contributed by atoms with van der Waals surface area (Å²) in [5, 5.41) is 0. The number of allylic oxidation sites excluding steroid dienone is 3. The monoisotopic (exact) mass is 282 g/mol. The fourth-order valence-corrected chi connectivity index (χ4v) is 5.08. The quantitative estimate of drug-likeness (QED) is 0.637. The zero-order valence-corrected chi connectivity index (χ0v) is 12.4. The first-order valence-corrected chi connectivity index (χ1v) is 8.27. The highest BCUT2D eigenvalue weighted by molar-refractivity contribution is 5.93. The number of carbonyl (C=O) groups is 1. The fraction of sp³-hybridized carbons (Fsp3) is 0.632. The summed E-state index contributed by atoms with van der Waals surface area (Å²) < 4.78 is 6.02. The second-order valence-electron chi connectivity index (χ2n) is 6.98. The summed E-state index contributed by atoms with van der Waals surface area (Å²) in [6, 6.07) is 0. The molecule has 2 fully saturated rings. The smallest absolute Gasteiger partial charge is 0.156 e. The maximum absolute atomic E-state index is 11.7. The SMILES string of the molecule is C#CC1CCC2C3CCC4=CC(=O)CCC4=C3COCC12. The van der Waals surface area contributed by atoms with Crippen LogP contribution in [-0.4, -0.2) is 19.0 Å². The lowest BCUT2D eigenvalue weighted by Gasteiger charge is -2.35. The van der Waals surface area contributed by atoms with Gasteiger partial charge in [0.15, 0.2) is 5.78 Å². The first-order valence-electron chi connectivity index (χ1n) is 8.27. The first kappa shape index (κ1) is 13.3. The third-order valence-electron chi connectivity index (χ3n) is 6.08. The van der Waals surface area contributed by atoms with Crippen molar-refractivity contribution >= 4 is 5.78 Å². The van der Waals surface area contributed by atoms with Crippen molar-refractivity contribution in [3.8, 4) is 12.3 Å². The number of fused-ring (bicyclic) bond motifs is 4. The van der Waals surface area contributed by atoms with Crippen LogP contribution in [0.5, 0.6) is 0 Å². The molecule has 1 saturated carbocycles. The largest absolute Gasteiger partial charge is 0.377 e. The van der Waals surface area contributed by atoms with E-state index in [4.69, 9.17) is 11.2 Å². The third-order valence-corrected chi connectivity index (χ3v) is 6.08. The number of hydrogen-bond donors (Lipinski definition) is 0. The van der Waals surface area contributed by atoms with Crippen molar-refractivity contribution in [2.24, 2.45) is 23.7 Å². The molecule has 0 N–H and O–H groups in total. The van der Waals surface area contributed by atoms with Crippen molar-refractivity contribution in [2.75, 3.05) is 13.2 Å². The number of rotatable bonds is 0. The number of hydrogen-bond acceptors (Lipinski definition) is 2. The van der Waals surface area contributed by atoms with Crippen molar-refractivity contribution < 1.29 is 9.53 Å². The molecule has 4 unspecified atom stereocenters. The maximum Gasteiger partial charge on any atom is 0.156 e. The average Bonchev–Trinajstić information content (AvgIpc) is 2.80. The third kappa shape index (κ3) is 2.10. The zero-order chi connectivity index (χ0) is 14.4.